The Kier molecular flexibility index (Phi) is 4.90. The van der Waals surface area contributed by atoms with Crippen molar-refractivity contribution in [3.63, 3.8) is 0 Å². The molecule has 3 saturated heterocycles. The molecule has 0 N–H and O–H groups in total. The van der Waals surface area contributed by atoms with E-state index in [-0.39, 0.29) is 24.1 Å². The molecule has 0 unspecified atom stereocenters. The molecule has 1 aromatic carbocycles. The predicted molar refractivity (Wildman–Crippen MR) is 90.9 cm³/mol. The van der Waals surface area contributed by atoms with Gasteiger partial charge in [0.2, 0.25) is 0 Å². The zero-order valence-electron chi connectivity index (χ0n) is 14.4. The summed E-state index contributed by atoms with van der Waals surface area (Å²) in [6.45, 7) is 4.10. The van der Waals surface area contributed by atoms with Crippen molar-refractivity contribution in [2.24, 2.45) is 0 Å². The average Bonchev–Trinajstić information content (AvgIpc) is 3.16. The van der Waals surface area contributed by atoms with E-state index in [1.54, 1.807) is 0 Å². The van der Waals surface area contributed by atoms with E-state index in [9.17, 15) is 9.18 Å². The number of ether oxygens (including phenoxy) is 2. The van der Waals surface area contributed by atoms with Crippen LogP contribution in [0.2, 0.25) is 0 Å². The molecule has 3 aliphatic rings. The summed E-state index contributed by atoms with van der Waals surface area (Å²) in [5, 5.41) is 0. The molecule has 0 radical (unpaired) electrons. The topological polar surface area (TPSA) is 42.0 Å². The van der Waals surface area contributed by atoms with E-state index in [0.29, 0.717) is 12.6 Å². The molecule has 3 fully saturated rings. The van der Waals surface area contributed by atoms with Gasteiger partial charge in [-0.15, -0.1) is 0 Å². The van der Waals surface area contributed by atoms with Crippen molar-refractivity contribution in [2.75, 3.05) is 32.8 Å². The average molecular weight is 348 g/mol. The van der Waals surface area contributed by atoms with E-state index in [1.165, 1.54) is 12.1 Å². The maximum Gasteiger partial charge on any atom is 0.410 e. The Bertz CT molecular complexity index is 603. The minimum atomic E-state index is -0.214. The summed E-state index contributed by atoms with van der Waals surface area (Å²) >= 11 is 0. The number of aryl methyl sites for hydroxylation is 1. The largest absolute Gasteiger partial charge is 0.442 e. The van der Waals surface area contributed by atoms with Crippen LogP contribution in [0.5, 0.6) is 0 Å². The number of rotatable bonds is 5. The van der Waals surface area contributed by atoms with E-state index in [0.717, 1.165) is 57.6 Å². The number of nitrogens with zero attached hydrogens (tertiary/aromatic N) is 2. The van der Waals surface area contributed by atoms with Gasteiger partial charge in [0.25, 0.3) is 0 Å². The molecule has 1 aromatic rings. The first-order chi connectivity index (χ1) is 12.2. The first kappa shape index (κ1) is 16.8. The molecule has 0 aliphatic carbocycles. The molecule has 4 rings (SSSR count). The number of halogens is 1. The van der Waals surface area contributed by atoms with E-state index in [4.69, 9.17) is 9.47 Å². The lowest BCUT2D eigenvalue weighted by Gasteiger charge is -2.32. The third-order valence-electron chi connectivity index (χ3n) is 5.64. The van der Waals surface area contributed by atoms with Crippen molar-refractivity contribution < 1.29 is 18.7 Å². The highest BCUT2D eigenvalue weighted by Crippen LogP contribution is 2.30. The van der Waals surface area contributed by atoms with Gasteiger partial charge in [0, 0.05) is 38.9 Å². The molecular formula is C19H25FN2O3. The lowest BCUT2D eigenvalue weighted by molar-refractivity contribution is 0.0332. The number of carbonyl (C=O) groups excluding carboxylic acids is 1. The van der Waals surface area contributed by atoms with Crippen LogP contribution in [0.3, 0.4) is 0 Å². The molecule has 5 nitrogen and oxygen atoms in total. The SMILES string of the molecule is O=C1O[C@@H]2CN(C3CCOCC3)C[C@@H]2N1CCCc1ccc(F)cc1. The second-order valence-electron chi connectivity index (χ2n) is 7.21. The van der Waals surface area contributed by atoms with Gasteiger partial charge < -0.3 is 14.4 Å². The van der Waals surface area contributed by atoms with Gasteiger partial charge in [-0.25, -0.2) is 9.18 Å². The number of amides is 1. The lowest BCUT2D eigenvalue weighted by Crippen LogP contribution is -2.42. The summed E-state index contributed by atoms with van der Waals surface area (Å²) in [7, 11) is 0. The fourth-order valence-corrected chi connectivity index (χ4v) is 4.24. The van der Waals surface area contributed by atoms with Crippen LogP contribution >= 0.6 is 0 Å². The van der Waals surface area contributed by atoms with Gasteiger partial charge >= 0.3 is 6.09 Å². The second-order valence-corrected chi connectivity index (χ2v) is 7.21. The van der Waals surface area contributed by atoms with E-state index in [1.807, 2.05) is 17.0 Å². The van der Waals surface area contributed by atoms with Crippen LogP contribution < -0.4 is 0 Å². The molecular weight excluding hydrogens is 323 g/mol. The van der Waals surface area contributed by atoms with Crippen molar-refractivity contribution in [3.05, 3.63) is 35.6 Å². The minimum absolute atomic E-state index is 0.00108. The van der Waals surface area contributed by atoms with Crippen molar-refractivity contribution in [1.29, 1.82) is 0 Å². The van der Waals surface area contributed by atoms with Gasteiger partial charge in [0.1, 0.15) is 11.9 Å². The highest BCUT2D eigenvalue weighted by atomic mass is 19.1. The summed E-state index contributed by atoms with van der Waals surface area (Å²) in [5.74, 6) is -0.214. The molecule has 0 bridgehead atoms. The fourth-order valence-electron chi connectivity index (χ4n) is 4.24. The van der Waals surface area contributed by atoms with Crippen molar-refractivity contribution in [3.8, 4) is 0 Å². The summed E-state index contributed by atoms with van der Waals surface area (Å²) in [4.78, 5) is 16.5. The van der Waals surface area contributed by atoms with Crippen LogP contribution in [0.25, 0.3) is 0 Å². The van der Waals surface area contributed by atoms with Gasteiger partial charge in [-0.05, 0) is 43.4 Å². The third-order valence-corrected chi connectivity index (χ3v) is 5.64. The highest BCUT2D eigenvalue weighted by Gasteiger charge is 2.48. The molecule has 0 saturated carbocycles. The second kappa shape index (κ2) is 7.30. The zero-order valence-corrected chi connectivity index (χ0v) is 14.4. The van der Waals surface area contributed by atoms with Crippen LogP contribution in [0.4, 0.5) is 9.18 Å². The van der Waals surface area contributed by atoms with Crippen molar-refractivity contribution in [2.45, 2.75) is 43.9 Å². The number of hydrogen-bond donors (Lipinski definition) is 0. The third kappa shape index (κ3) is 3.65. The Morgan fingerprint density at radius 3 is 2.64 bits per heavy atom. The summed E-state index contributed by atoms with van der Waals surface area (Å²) in [6, 6.07) is 7.31. The summed E-state index contributed by atoms with van der Waals surface area (Å²) < 4.78 is 24.0. The van der Waals surface area contributed by atoms with E-state index >= 15 is 0 Å². The molecule has 1 amide bonds. The van der Waals surface area contributed by atoms with Crippen LogP contribution in [-0.2, 0) is 15.9 Å². The zero-order chi connectivity index (χ0) is 17.2. The fraction of sp³-hybridized carbons (Fsp3) is 0.632. The van der Waals surface area contributed by atoms with Crippen LogP contribution in [-0.4, -0.2) is 66.9 Å². The van der Waals surface area contributed by atoms with E-state index < -0.39 is 0 Å². The first-order valence-electron chi connectivity index (χ1n) is 9.24. The molecule has 3 aliphatic heterocycles. The van der Waals surface area contributed by atoms with Crippen molar-refractivity contribution >= 4 is 6.09 Å². The molecule has 136 valence electrons. The maximum atomic E-state index is 13.0. The number of hydrogen-bond acceptors (Lipinski definition) is 4. The van der Waals surface area contributed by atoms with Gasteiger partial charge in [-0.3, -0.25) is 4.90 Å². The summed E-state index contributed by atoms with van der Waals surface area (Å²) in [6.07, 6.45) is 3.66. The van der Waals surface area contributed by atoms with Crippen LogP contribution in [0.1, 0.15) is 24.8 Å². The minimum Gasteiger partial charge on any atom is -0.442 e. The molecule has 25 heavy (non-hydrogen) atoms. The molecule has 0 aromatic heterocycles. The normalized spacial score (nSPS) is 27.6. The number of likely N-dealkylation sites (tertiary alicyclic amines) is 1. The number of fused-ring (bicyclic) bond motifs is 1. The van der Waals surface area contributed by atoms with Crippen LogP contribution in [0.15, 0.2) is 24.3 Å². The highest BCUT2D eigenvalue weighted by molar-refractivity contribution is 5.71. The van der Waals surface area contributed by atoms with Crippen LogP contribution in [0, 0.1) is 5.82 Å². The Morgan fingerprint density at radius 1 is 1.12 bits per heavy atom. The van der Waals surface area contributed by atoms with Gasteiger partial charge in [-0.1, -0.05) is 12.1 Å². The molecule has 2 atom stereocenters. The van der Waals surface area contributed by atoms with Gasteiger partial charge in [-0.2, -0.15) is 0 Å². The Balaban J connectivity index is 1.30. The quantitative estimate of drug-likeness (QED) is 0.820. The lowest BCUT2D eigenvalue weighted by atomic mass is 10.1. The number of carbonyl (C=O) groups is 1. The van der Waals surface area contributed by atoms with Gasteiger partial charge in [0.05, 0.1) is 6.04 Å². The van der Waals surface area contributed by atoms with E-state index in [2.05, 4.69) is 4.90 Å². The molecule has 6 heteroatoms. The molecule has 3 heterocycles. The number of benzene rings is 1. The van der Waals surface area contributed by atoms with Gasteiger partial charge in [0.15, 0.2) is 0 Å². The first-order valence-corrected chi connectivity index (χ1v) is 9.24. The Hall–Kier alpha value is -1.66. The maximum absolute atomic E-state index is 13.0. The summed E-state index contributed by atoms with van der Waals surface area (Å²) in [5.41, 5.74) is 1.10. The van der Waals surface area contributed by atoms with Crippen molar-refractivity contribution in [1.82, 2.24) is 9.80 Å². The standard InChI is InChI=1S/C19H25FN2O3/c20-15-5-3-14(4-6-15)2-1-9-22-17-12-21(13-18(17)25-19(22)23)16-7-10-24-11-8-16/h3-6,16-18H,1-2,7-13H2/t17-,18+/m0/s1. The Morgan fingerprint density at radius 2 is 1.88 bits per heavy atom. The molecule has 0 spiro atoms. The predicted octanol–water partition coefficient (Wildman–Crippen LogP) is 2.44. The smallest absolute Gasteiger partial charge is 0.410 e. The monoisotopic (exact) mass is 348 g/mol. The Labute approximate surface area is 147 Å².